The Morgan fingerprint density at radius 2 is 1.50 bits per heavy atom. The number of hydrogen-bond donors (Lipinski definition) is 3. The molecule has 0 heterocycles. The van der Waals surface area contributed by atoms with E-state index in [2.05, 4.69) is 16.0 Å². The first kappa shape index (κ1) is 22.1. The third kappa shape index (κ3) is 9.26. The van der Waals surface area contributed by atoms with E-state index in [1.165, 1.54) is 20.8 Å². The fraction of sp³-hybridized carbons (Fsp3) is 0.692. The summed E-state index contributed by atoms with van der Waals surface area (Å²) in [6.45, 7) is 4.71. The molecule has 138 valence electrons. The standard InChI is InChI=1S/C13H24N3O7P/c1-7(11(18)15-8(2)13(20)21)14-12(19)10(16-9(3)17)5-6-24(4,22)23/h7-8,10H,5-6H2,1-4H3,(H,14,19)(H,15,18)(H,16,17)(H,20,21)(H,22,23)/p-2/t7-,8-,10-/m0/s1. The second kappa shape index (κ2) is 9.39. The molecule has 0 radical (unpaired) electrons. The lowest BCUT2D eigenvalue weighted by Gasteiger charge is -2.24. The van der Waals surface area contributed by atoms with E-state index in [1.54, 1.807) is 0 Å². The molecule has 0 aliphatic rings. The lowest BCUT2D eigenvalue weighted by atomic mass is 10.2. The predicted molar refractivity (Wildman–Crippen MR) is 80.8 cm³/mol. The maximum atomic E-state index is 12.1. The van der Waals surface area contributed by atoms with Crippen molar-refractivity contribution in [3.05, 3.63) is 0 Å². The first-order valence-electron chi connectivity index (χ1n) is 7.19. The minimum absolute atomic E-state index is 0.146. The quantitative estimate of drug-likeness (QED) is 0.365. The van der Waals surface area contributed by atoms with Gasteiger partial charge in [-0.2, -0.15) is 0 Å². The molecule has 3 amide bonds. The van der Waals surface area contributed by atoms with E-state index < -0.39 is 49.2 Å². The summed E-state index contributed by atoms with van der Waals surface area (Å²) in [6.07, 6.45) is -0.444. The molecule has 24 heavy (non-hydrogen) atoms. The Hall–Kier alpha value is -1.93. The average molecular weight is 363 g/mol. The van der Waals surface area contributed by atoms with Gasteiger partial charge in [0, 0.05) is 14.3 Å². The van der Waals surface area contributed by atoms with Gasteiger partial charge in [0.25, 0.3) is 0 Å². The van der Waals surface area contributed by atoms with Crippen molar-refractivity contribution < 1.29 is 33.7 Å². The monoisotopic (exact) mass is 363 g/mol. The number of carboxylic acid groups (broad SMARTS) is 1. The highest BCUT2D eigenvalue weighted by Gasteiger charge is 2.24. The van der Waals surface area contributed by atoms with Crippen molar-refractivity contribution in [3.63, 3.8) is 0 Å². The molecule has 0 aliphatic carbocycles. The van der Waals surface area contributed by atoms with Crippen LogP contribution in [0, 0.1) is 0 Å². The SMILES string of the molecule is CC(=O)N[C@@H](CCP(C)(=O)[O-])C(=O)N[C@@H](C)C(=O)N[C@@H](C)C(=O)[O-]. The number of carbonyl (C=O) groups excluding carboxylic acids is 4. The number of carboxylic acids is 1. The summed E-state index contributed by atoms with van der Waals surface area (Å²) >= 11 is 0. The number of nitrogens with one attached hydrogen (secondary N) is 3. The van der Waals surface area contributed by atoms with Crippen LogP contribution in [0.5, 0.6) is 0 Å². The molecule has 0 rings (SSSR count). The van der Waals surface area contributed by atoms with Gasteiger partial charge >= 0.3 is 0 Å². The molecular weight excluding hydrogens is 341 g/mol. The van der Waals surface area contributed by atoms with Gasteiger partial charge < -0.3 is 35.3 Å². The van der Waals surface area contributed by atoms with Crippen molar-refractivity contribution >= 4 is 31.1 Å². The maximum Gasteiger partial charge on any atom is 0.243 e. The van der Waals surface area contributed by atoms with E-state index in [-0.39, 0.29) is 12.6 Å². The molecule has 0 aliphatic heterocycles. The first-order valence-corrected chi connectivity index (χ1v) is 9.45. The molecule has 0 saturated heterocycles. The largest absolute Gasteiger partial charge is 0.799 e. The summed E-state index contributed by atoms with van der Waals surface area (Å²) in [7, 11) is -3.62. The van der Waals surface area contributed by atoms with E-state index in [0.717, 1.165) is 6.66 Å². The van der Waals surface area contributed by atoms with Gasteiger partial charge in [-0.3, -0.25) is 14.4 Å². The van der Waals surface area contributed by atoms with Crippen LogP contribution in [-0.2, 0) is 23.7 Å². The van der Waals surface area contributed by atoms with Crippen LogP contribution in [0.1, 0.15) is 27.2 Å². The lowest BCUT2D eigenvalue weighted by molar-refractivity contribution is -0.307. The van der Waals surface area contributed by atoms with E-state index in [9.17, 15) is 33.7 Å². The second-order valence-corrected chi connectivity index (χ2v) is 8.03. The van der Waals surface area contributed by atoms with Crippen molar-refractivity contribution in [1.82, 2.24) is 16.0 Å². The Kier molecular flexibility index (Phi) is 8.63. The van der Waals surface area contributed by atoms with Crippen LogP contribution in [0.4, 0.5) is 0 Å². The van der Waals surface area contributed by atoms with Crippen molar-refractivity contribution in [1.29, 1.82) is 0 Å². The van der Waals surface area contributed by atoms with Gasteiger partial charge in [-0.25, -0.2) is 0 Å². The average Bonchev–Trinajstić information content (AvgIpc) is 2.41. The highest BCUT2D eigenvalue weighted by atomic mass is 31.2. The summed E-state index contributed by atoms with van der Waals surface area (Å²) in [4.78, 5) is 56.8. The maximum absolute atomic E-state index is 12.1. The predicted octanol–water partition coefficient (Wildman–Crippen LogP) is -3.09. The van der Waals surface area contributed by atoms with Crippen LogP contribution in [0.15, 0.2) is 0 Å². The third-order valence-electron chi connectivity index (χ3n) is 2.98. The minimum atomic E-state index is -3.62. The zero-order valence-corrected chi connectivity index (χ0v) is 14.8. The number of rotatable bonds is 9. The molecule has 0 fully saturated rings. The topological polar surface area (TPSA) is 168 Å². The van der Waals surface area contributed by atoms with Crippen LogP contribution in [-0.4, -0.2) is 54.6 Å². The molecule has 4 atom stereocenters. The van der Waals surface area contributed by atoms with E-state index in [0.29, 0.717) is 0 Å². The first-order chi connectivity index (χ1) is 10.8. The van der Waals surface area contributed by atoms with Gasteiger partial charge in [0.2, 0.25) is 17.7 Å². The Morgan fingerprint density at radius 1 is 1.00 bits per heavy atom. The summed E-state index contributed by atoms with van der Waals surface area (Å²) in [6, 6.07) is -3.45. The summed E-state index contributed by atoms with van der Waals surface area (Å²) in [5.41, 5.74) is 0. The van der Waals surface area contributed by atoms with Gasteiger partial charge in [-0.1, -0.05) is 0 Å². The molecule has 1 unspecified atom stereocenters. The smallest absolute Gasteiger partial charge is 0.243 e. The molecule has 10 nitrogen and oxygen atoms in total. The van der Waals surface area contributed by atoms with Crippen LogP contribution in [0.3, 0.4) is 0 Å². The number of amides is 3. The van der Waals surface area contributed by atoms with Crippen LogP contribution in [0.2, 0.25) is 0 Å². The molecule has 0 aromatic carbocycles. The number of aliphatic carboxylic acids is 1. The van der Waals surface area contributed by atoms with Crippen molar-refractivity contribution in [3.8, 4) is 0 Å². The molecule has 0 aromatic rings. The third-order valence-corrected chi connectivity index (χ3v) is 4.05. The summed E-state index contributed by atoms with van der Waals surface area (Å²) < 4.78 is 11.2. The van der Waals surface area contributed by atoms with E-state index in [1.807, 2.05) is 0 Å². The second-order valence-electron chi connectivity index (χ2n) is 5.56. The highest BCUT2D eigenvalue weighted by molar-refractivity contribution is 7.55. The summed E-state index contributed by atoms with van der Waals surface area (Å²) in [5.74, 6) is -3.52. The van der Waals surface area contributed by atoms with Gasteiger partial charge in [-0.15, -0.1) is 0 Å². The van der Waals surface area contributed by atoms with Crippen LogP contribution >= 0.6 is 7.37 Å². The van der Waals surface area contributed by atoms with Gasteiger partial charge in [0.05, 0.1) is 12.0 Å². The van der Waals surface area contributed by atoms with E-state index >= 15 is 0 Å². The molecular formula is C13H22N3O7P-2. The molecule has 0 bridgehead atoms. The Morgan fingerprint density at radius 3 is 1.92 bits per heavy atom. The van der Waals surface area contributed by atoms with Crippen molar-refractivity contribution in [2.24, 2.45) is 0 Å². The van der Waals surface area contributed by atoms with Crippen LogP contribution < -0.4 is 26.0 Å². The molecule has 0 saturated carbocycles. The lowest BCUT2D eigenvalue weighted by Crippen LogP contribution is -2.55. The molecule has 11 heteroatoms. The molecule has 3 N–H and O–H groups in total. The highest BCUT2D eigenvalue weighted by Crippen LogP contribution is 2.30. The fourth-order valence-corrected chi connectivity index (χ4v) is 2.38. The zero-order chi connectivity index (χ0) is 19.1. The molecule has 0 aromatic heterocycles. The minimum Gasteiger partial charge on any atom is -0.799 e. The normalized spacial score (nSPS) is 16.9. The number of hydrogen-bond acceptors (Lipinski definition) is 7. The van der Waals surface area contributed by atoms with Gasteiger partial charge in [0.1, 0.15) is 12.1 Å². The summed E-state index contributed by atoms with van der Waals surface area (Å²) in [5, 5.41) is 17.3. The fourth-order valence-electron chi connectivity index (χ4n) is 1.65. The Bertz CT molecular complexity index is 546. The van der Waals surface area contributed by atoms with Crippen LogP contribution in [0.25, 0.3) is 0 Å². The van der Waals surface area contributed by atoms with Crippen molar-refractivity contribution in [2.75, 3.05) is 12.8 Å². The Balaban J connectivity index is 4.78. The molecule has 0 spiro atoms. The van der Waals surface area contributed by atoms with Crippen molar-refractivity contribution in [2.45, 2.75) is 45.3 Å². The number of carbonyl (C=O) groups is 4. The van der Waals surface area contributed by atoms with Gasteiger partial charge in [0.15, 0.2) is 0 Å². The Labute approximate surface area is 139 Å². The zero-order valence-electron chi connectivity index (χ0n) is 14.0. The van der Waals surface area contributed by atoms with Gasteiger partial charge in [-0.05, 0) is 33.1 Å². The van der Waals surface area contributed by atoms with E-state index in [4.69, 9.17) is 0 Å².